The number of benzene rings is 2. The quantitative estimate of drug-likeness (QED) is 0.249. The van der Waals surface area contributed by atoms with Gasteiger partial charge in [0.05, 0.1) is 0 Å². The molecule has 2 heteroatoms. The summed E-state index contributed by atoms with van der Waals surface area (Å²) in [5.41, 5.74) is 9.82. The molecular weight excluding hydrogens is 693 g/mol. The van der Waals surface area contributed by atoms with Gasteiger partial charge in [0, 0.05) is 0 Å². The van der Waals surface area contributed by atoms with Crippen LogP contribution in [0.4, 0.5) is 0 Å². The SMILES string of the molecule is CCC1=Cc2ccccc2[CH]1[Hf]([CH3])([CH3])[CH2][CH2][Hf]([CH3])([CH3])[CH]1C(CC)=Cc2ccccc21. The predicted molar refractivity (Wildman–Crippen MR) is 128 cm³/mol. The van der Waals surface area contributed by atoms with Gasteiger partial charge in [-0.25, -0.2) is 0 Å². The van der Waals surface area contributed by atoms with E-state index in [4.69, 9.17) is 0 Å². The Morgan fingerprint density at radius 2 is 0.967 bits per heavy atom. The molecule has 0 heterocycles. The van der Waals surface area contributed by atoms with Crippen LogP contribution in [0.5, 0.6) is 0 Å². The molecule has 0 amide bonds. The number of allylic oxidation sites excluding steroid dienone is 2. The summed E-state index contributed by atoms with van der Waals surface area (Å²) in [6.45, 7) is 4.73. The maximum absolute atomic E-state index is 2.76. The van der Waals surface area contributed by atoms with Gasteiger partial charge in [-0.05, 0) is 0 Å². The molecule has 2 aliphatic carbocycles. The predicted octanol–water partition coefficient (Wildman–Crippen LogP) is 9.42. The molecule has 0 aliphatic heterocycles. The van der Waals surface area contributed by atoms with Gasteiger partial charge in [0.2, 0.25) is 0 Å². The van der Waals surface area contributed by atoms with Crippen molar-refractivity contribution in [2.45, 2.75) is 61.1 Å². The maximum atomic E-state index is 2.76. The van der Waals surface area contributed by atoms with Gasteiger partial charge < -0.3 is 0 Å². The number of hydrogen-bond donors (Lipinski definition) is 0. The molecule has 0 fully saturated rings. The Morgan fingerprint density at radius 3 is 1.33 bits per heavy atom. The molecule has 2 aromatic rings. The third-order valence-electron chi connectivity index (χ3n) is 7.83. The van der Waals surface area contributed by atoms with E-state index in [1.165, 1.54) is 24.0 Å². The zero-order valence-electron chi connectivity index (χ0n) is 19.8. The molecular formula is C28H38Hf2. The Kier molecular flexibility index (Phi) is 6.77. The topological polar surface area (TPSA) is 0 Å². The zero-order chi connectivity index (χ0) is 21.5. The van der Waals surface area contributed by atoms with Crippen LogP contribution in [-0.4, -0.2) is 0 Å². The monoisotopic (exact) mass is 734 g/mol. The van der Waals surface area contributed by atoms with Crippen LogP contribution >= 0.6 is 0 Å². The molecule has 0 aromatic heterocycles. The van der Waals surface area contributed by atoms with Crippen LogP contribution in [0.1, 0.15) is 56.3 Å². The third-order valence-corrected chi connectivity index (χ3v) is 41.5. The summed E-state index contributed by atoms with van der Waals surface area (Å²) in [7, 11) is 0. The fraction of sp³-hybridized carbons (Fsp3) is 0.429. The van der Waals surface area contributed by atoms with E-state index in [1.807, 2.05) is 0 Å². The van der Waals surface area contributed by atoms with E-state index < -0.39 is 39.9 Å². The molecule has 0 saturated carbocycles. The summed E-state index contributed by atoms with van der Waals surface area (Å²) >= 11 is -4.92. The number of hydrogen-bond acceptors (Lipinski definition) is 0. The van der Waals surface area contributed by atoms with Gasteiger partial charge in [-0.1, -0.05) is 0 Å². The van der Waals surface area contributed by atoms with Gasteiger partial charge >= 0.3 is 195 Å². The summed E-state index contributed by atoms with van der Waals surface area (Å²) in [4.78, 5) is 0. The molecule has 0 saturated heterocycles. The third kappa shape index (κ3) is 4.17. The van der Waals surface area contributed by atoms with Gasteiger partial charge in [0.25, 0.3) is 0 Å². The number of rotatable bonds is 7. The van der Waals surface area contributed by atoms with Gasteiger partial charge in [-0.2, -0.15) is 0 Å². The van der Waals surface area contributed by atoms with E-state index in [2.05, 4.69) is 93.3 Å². The second kappa shape index (κ2) is 8.89. The van der Waals surface area contributed by atoms with E-state index >= 15 is 0 Å². The first-order valence-corrected chi connectivity index (χ1v) is 35.5. The van der Waals surface area contributed by atoms with Crippen LogP contribution in [0.15, 0.2) is 59.7 Å². The molecule has 30 heavy (non-hydrogen) atoms. The summed E-state index contributed by atoms with van der Waals surface area (Å²) in [6.07, 6.45) is 7.50. The summed E-state index contributed by atoms with van der Waals surface area (Å²) in [5.74, 6) is 0. The Labute approximate surface area is 193 Å². The molecule has 4 rings (SSSR count). The molecule has 0 N–H and O–H groups in total. The van der Waals surface area contributed by atoms with Crippen molar-refractivity contribution in [1.29, 1.82) is 0 Å². The normalized spacial score (nSPS) is 20.6. The van der Waals surface area contributed by atoms with E-state index in [0.29, 0.717) is 0 Å². The van der Waals surface area contributed by atoms with Crippen molar-refractivity contribution in [3.05, 3.63) is 81.9 Å². The van der Waals surface area contributed by atoms with Crippen LogP contribution in [0, 0.1) is 0 Å². The Morgan fingerprint density at radius 1 is 0.600 bits per heavy atom. The summed E-state index contributed by atoms with van der Waals surface area (Å²) in [5, 5.41) is 0. The van der Waals surface area contributed by atoms with E-state index in [0.717, 1.165) is 7.35 Å². The van der Waals surface area contributed by atoms with Crippen LogP contribution in [-0.2, 0) is 39.9 Å². The van der Waals surface area contributed by atoms with Crippen molar-refractivity contribution in [3.8, 4) is 0 Å². The molecule has 158 valence electrons. The molecule has 2 atom stereocenters. The van der Waals surface area contributed by atoms with Crippen LogP contribution in [0.25, 0.3) is 12.2 Å². The average molecular weight is 732 g/mol. The first-order chi connectivity index (χ1) is 14.3. The van der Waals surface area contributed by atoms with Crippen molar-refractivity contribution >= 4 is 12.2 Å². The van der Waals surface area contributed by atoms with E-state index in [1.54, 1.807) is 30.6 Å². The first-order valence-electron chi connectivity index (χ1n) is 11.9. The molecule has 0 nitrogen and oxygen atoms in total. The first kappa shape index (κ1) is 22.8. The Balaban J connectivity index is 1.58. The molecule has 2 aliphatic rings. The van der Waals surface area contributed by atoms with Gasteiger partial charge in [-0.3, -0.25) is 0 Å². The van der Waals surface area contributed by atoms with Crippen LogP contribution < -0.4 is 0 Å². The van der Waals surface area contributed by atoms with Gasteiger partial charge in [-0.15, -0.1) is 0 Å². The minimum absolute atomic E-state index is 0.806. The Bertz CT molecular complexity index is 912. The fourth-order valence-corrected chi connectivity index (χ4v) is 68.0. The van der Waals surface area contributed by atoms with Crippen molar-refractivity contribution in [2.75, 3.05) is 0 Å². The van der Waals surface area contributed by atoms with Gasteiger partial charge in [0.1, 0.15) is 0 Å². The van der Waals surface area contributed by atoms with Crippen molar-refractivity contribution in [1.82, 2.24) is 0 Å². The zero-order valence-corrected chi connectivity index (χ0v) is 26.9. The second-order valence-corrected chi connectivity index (χ2v) is 47.1. The van der Waals surface area contributed by atoms with E-state index in [9.17, 15) is 0 Å². The molecule has 0 spiro atoms. The minimum atomic E-state index is -2.46. The fourth-order valence-electron chi connectivity index (χ4n) is 6.17. The number of fused-ring (bicyclic) bond motifs is 2. The summed E-state index contributed by atoms with van der Waals surface area (Å²) in [6, 6.07) is 18.5. The molecule has 2 aromatic carbocycles. The average Bonchev–Trinajstić information content (AvgIpc) is 3.31. The standard InChI is InChI=1S/2C11H11.C2H4.4CH3.2Hf/c2*1-2-9-7-10-5-3-4-6-11(10)8-9;1-2;;;;;;/h2*3-8H,2H2,1H3;1-2H2;4*1H3;;. The Hall–Kier alpha value is -0.340. The van der Waals surface area contributed by atoms with Crippen LogP contribution in [0.3, 0.4) is 0 Å². The van der Waals surface area contributed by atoms with E-state index in [-0.39, 0.29) is 0 Å². The van der Waals surface area contributed by atoms with Crippen LogP contribution in [0.2, 0.25) is 27.1 Å². The van der Waals surface area contributed by atoms with Crippen molar-refractivity contribution in [3.63, 3.8) is 0 Å². The molecule has 0 bridgehead atoms. The van der Waals surface area contributed by atoms with Gasteiger partial charge in [0.15, 0.2) is 0 Å². The molecule has 2 unspecified atom stereocenters. The second-order valence-electron chi connectivity index (χ2n) is 10.7. The molecule has 0 radical (unpaired) electrons. The van der Waals surface area contributed by atoms with Crippen molar-refractivity contribution < 1.29 is 39.9 Å². The summed E-state index contributed by atoms with van der Waals surface area (Å²) < 4.78 is 15.8. The van der Waals surface area contributed by atoms with Crippen molar-refractivity contribution in [2.24, 2.45) is 0 Å².